The largest absolute Gasteiger partial charge is 0.480 e. The number of nitrogens with zero attached hydrogens (tertiary/aromatic N) is 2. The summed E-state index contributed by atoms with van der Waals surface area (Å²) in [7, 11) is 0. The number of para-hydroxylation sites is 1. The highest BCUT2D eigenvalue weighted by molar-refractivity contribution is 5.96. The number of nitrogens with two attached hydrogens (primary N) is 5. The van der Waals surface area contributed by atoms with E-state index in [-0.39, 0.29) is 56.6 Å². The normalized spacial score (nSPS) is 15.0. The molecule has 0 radical (unpaired) electrons. The van der Waals surface area contributed by atoms with Crippen LogP contribution in [0.4, 0.5) is 0 Å². The van der Waals surface area contributed by atoms with E-state index in [1.54, 1.807) is 20.0 Å². The van der Waals surface area contributed by atoms with Crippen LogP contribution in [-0.4, -0.2) is 94.9 Å². The number of carboxylic acid groups (broad SMARTS) is 1. The summed E-state index contributed by atoms with van der Waals surface area (Å²) < 4.78 is 0. The zero-order valence-electron chi connectivity index (χ0n) is 31.1. The van der Waals surface area contributed by atoms with E-state index in [1.807, 2.05) is 38.1 Å². The lowest BCUT2D eigenvalue weighted by Crippen LogP contribution is -2.60. The molecule has 0 fully saturated rings. The number of nitrogens with one attached hydrogen (secondary N) is 5. The van der Waals surface area contributed by atoms with Crippen molar-refractivity contribution in [1.29, 1.82) is 0 Å². The van der Waals surface area contributed by atoms with Crippen LogP contribution in [0.25, 0.3) is 10.9 Å². The highest BCUT2D eigenvalue weighted by Crippen LogP contribution is 2.20. The Labute approximate surface area is 309 Å². The fourth-order valence-corrected chi connectivity index (χ4v) is 5.58. The fourth-order valence-electron chi connectivity index (χ4n) is 5.58. The predicted molar refractivity (Wildman–Crippen MR) is 204 cm³/mol. The molecule has 1 aromatic carbocycles. The van der Waals surface area contributed by atoms with Crippen molar-refractivity contribution < 1.29 is 29.1 Å². The molecule has 0 saturated heterocycles. The Morgan fingerprint density at radius 2 is 1.25 bits per heavy atom. The summed E-state index contributed by atoms with van der Waals surface area (Å²) in [6.45, 7) is 7.65. The number of amides is 4. The standard InChI is InChI=1S/C35H58N12O6/c1-5-19(3)27(46-29(48)23(36)12-9-15-41-34(37)38)31(50)44-25(14-10-16-42-35(39)40)30(49)47-28(20(4)6-2)32(51)45-26(33(52)53)17-21-18-43-24-13-8-7-11-22(21)24/h7-8,11,13,18-20,23,25-28,43H,5-6,9-10,12,14-17,36H2,1-4H3,(H,44,50)(H,45,51)(H,46,48)(H,47,49)(H,52,53)(H4,37,38,41)(H4,39,40,42)/t19-,20-,23+,25+,26-,27-,28+/m0/s1. The minimum Gasteiger partial charge on any atom is -0.480 e. The van der Waals surface area contributed by atoms with E-state index in [9.17, 15) is 29.1 Å². The van der Waals surface area contributed by atoms with E-state index in [4.69, 9.17) is 28.7 Å². The molecular weight excluding hydrogens is 684 g/mol. The summed E-state index contributed by atoms with van der Waals surface area (Å²) in [5.41, 5.74) is 29.2. The monoisotopic (exact) mass is 742 g/mol. The van der Waals surface area contributed by atoms with E-state index < -0.39 is 65.7 Å². The quantitative estimate of drug-likeness (QED) is 0.0383. The highest BCUT2D eigenvalue weighted by atomic mass is 16.4. The summed E-state index contributed by atoms with van der Waals surface area (Å²) in [6, 6.07) is 1.81. The minimum absolute atomic E-state index is 0.00161. The van der Waals surface area contributed by atoms with Crippen molar-refractivity contribution in [3.63, 3.8) is 0 Å². The second-order valence-corrected chi connectivity index (χ2v) is 13.3. The second-order valence-electron chi connectivity index (χ2n) is 13.3. The summed E-state index contributed by atoms with van der Waals surface area (Å²) in [6.07, 6.45) is 3.74. The molecule has 0 aliphatic rings. The number of hydrogen-bond acceptors (Lipinski definition) is 8. The van der Waals surface area contributed by atoms with Gasteiger partial charge in [-0.1, -0.05) is 58.7 Å². The van der Waals surface area contributed by atoms with Crippen LogP contribution in [0, 0.1) is 11.8 Å². The van der Waals surface area contributed by atoms with Gasteiger partial charge >= 0.3 is 5.97 Å². The van der Waals surface area contributed by atoms with Crippen LogP contribution in [0.15, 0.2) is 40.4 Å². The third-order valence-corrected chi connectivity index (χ3v) is 9.18. The first-order valence-corrected chi connectivity index (χ1v) is 17.9. The highest BCUT2D eigenvalue weighted by Gasteiger charge is 2.35. The topological polar surface area (TPSA) is 324 Å². The number of benzene rings is 1. The molecule has 7 atom stereocenters. The Bertz CT molecular complexity index is 1590. The number of carboxylic acids is 1. The van der Waals surface area contributed by atoms with Crippen LogP contribution < -0.4 is 49.9 Å². The molecule has 18 heteroatoms. The first-order valence-electron chi connectivity index (χ1n) is 17.9. The molecule has 294 valence electrons. The van der Waals surface area contributed by atoms with Crippen LogP contribution >= 0.6 is 0 Å². The Balaban J connectivity index is 2.27. The Morgan fingerprint density at radius 1 is 0.736 bits per heavy atom. The van der Waals surface area contributed by atoms with Crippen molar-refractivity contribution >= 4 is 52.4 Å². The molecule has 0 saturated carbocycles. The Hall–Kier alpha value is -5.39. The van der Waals surface area contributed by atoms with Crippen LogP contribution in [-0.2, 0) is 30.4 Å². The molecule has 16 N–H and O–H groups in total. The predicted octanol–water partition coefficient (Wildman–Crippen LogP) is -0.739. The van der Waals surface area contributed by atoms with Crippen molar-refractivity contribution in [2.75, 3.05) is 13.1 Å². The molecule has 4 amide bonds. The molecule has 18 nitrogen and oxygen atoms in total. The summed E-state index contributed by atoms with van der Waals surface area (Å²) in [5, 5.41) is 21.7. The number of rotatable bonds is 23. The maximum Gasteiger partial charge on any atom is 0.326 e. The average molecular weight is 743 g/mol. The average Bonchev–Trinajstić information content (AvgIpc) is 3.53. The van der Waals surface area contributed by atoms with Gasteiger partial charge in [0.1, 0.15) is 24.2 Å². The fraction of sp³-hybridized carbons (Fsp3) is 0.571. The first-order chi connectivity index (χ1) is 25.1. The molecular formula is C35H58N12O6. The van der Waals surface area contributed by atoms with Gasteiger partial charge in [-0.05, 0) is 49.1 Å². The molecule has 0 bridgehead atoms. The molecule has 1 aromatic heterocycles. The van der Waals surface area contributed by atoms with E-state index in [0.717, 1.165) is 10.9 Å². The van der Waals surface area contributed by atoms with Gasteiger partial charge in [-0.3, -0.25) is 29.2 Å². The van der Waals surface area contributed by atoms with Gasteiger partial charge in [-0.2, -0.15) is 0 Å². The number of hydrogen-bond donors (Lipinski definition) is 11. The van der Waals surface area contributed by atoms with E-state index in [0.29, 0.717) is 24.8 Å². The summed E-state index contributed by atoms with van der Waals surface area (Å²) in [5.74, 6) is -4.78. The van der Waals surface area contributed by atoms with Crippen LogP contribution in [0.2, 0.25) is 0 Å². The van der Waals surface area contributed by atoms with E-state index in [1.165, 1.54) is 0 Å². The van der Waals surface area contributed by atoms with E-state index >= 15 is 0 Å². The Morgan fingerprint density at radius 3 is 1.77 bits per heavy atom. The number of carbonyl (C=O) groups excluding carboxylic acids is 4. The lowest BCUT2D eigenvalue weighted by molar-refractivity contribution is -0.142. The van der Waals surface area contributed by atoms with Crippen LogP contribution in [0.3, 0.4) is 0 Å². The molecule has 2 aromatic rings. The number of aliphatic imine (C=N–C) groups is 2. The number of H-pyrrole nitrogens is 1. The van der Waals surface area contributed by atoms with Crippen molar-refractivity contribution in [1.82, 2.24) is 26.3 Å². The van der Waals surface area contributed by atoms with Crippen LogP contribution in [0.5, 0.6) is 0 Å². The number of fused-ring (bicyclic) bond motifs is 1. The minimum atomic E-state index is -1.29. The third kappa shape index (κ3) is 14.3. The molecule has 0 aliphatic carbocycles. The summed E-state index contributed by atoms with van der Waals surface area (Å²) >= 11 is 0. The molecule has 0 aliphatic heterocycles. The SMILES string of the molecule is CC[C@H](C)[C@H](NC(=O)[C@H](N)CCCN=C(N)N)C(=O)N[C@H](CCCN=C(N)N)C(=O)N[C@@H](C(=O)N[C@@H](Cc1c[nH]c2ccccc12)C(=O)O)[C@@H](C)CC. The maximum atomic E-state index is 13.9. The third-order valence-electron chi connectivity index (χ3n) is 9.18. The second kappa shape index (κ2) is 21.9. The van der Waals surface area contributed by atoms with Gasteiger partial charge in [-0.25, -0.2) is 4.79 Å². The number of guanidine groups is 2. The van der Waals surface area contributed by atoms with Crippen molar-refractivity contribution in [2.45, 2.75) is 103 Å². The van der Waals surface area contributed by atoms with Gasteiger partial charge in [0.2, 0.25) is 23.6 Å². The molecule has 0 spiro atoms. The molecule has 1 heterocycles. The van der Waals surface area contributed by atoms with Gasteiger partial charge in [0.15, 0.2) is 11.9 Å². The van der Waals surface area contributed by atoms with Gasteiger partial charge in [0.05, 0.1) is 6.04 Å². The van der Waals surface area contributed by atoms with Gasteiger partial charge in [0, 0.05) is 36.6 Å². The molecule has 53 heavy (non-hydrogen) atoms. The number of carbonyl (C=O) groups is 5. The molecule has 2 rings (SSSR count). The first kappa shape index (κ1) is 43.8. The van der Waals surface area contributed by atoms with Gasteiger partial charge in [0.25, 0.3) is 0 Å². The molecule has 0 unspecified atom stereocenters. The zero-order valence-corrected chi connectivity index (χ0v) is 31.1. The lowest BCUT2D eigenvalue weighted by Gasteiger charge is -2.30. The van der Waals surface area contributed by atoms with Crippen molar-refractivity contribution in [3.8, 4) is 0 Å². The van der Waals surface area contributed by atoms with Gasteiger partial charge in [-0.15, -0.1) is 0 Å². The van der Waals surface area contributed by atoms with Gasteiger partial charge < -0.3 is 60.0 Å². The smallest absolute Gasteiger partial charge is 0.326 e. The number of aromatic amines is 1. The van der Waals surface area contributed by atoms with Crippen LogP contribution in [0.1, 0.15) is 71.8 Å². The Kier molecular flexibility index (Phi) is 18.0. The zero-order chi connectivity index (χ0) is 39.7. The summed E-state index contributed by atoms with van der Waals surface area (Å²) in [4.78, 5) is 77.6. The van der Waals surface area contributed by atoms with E-state index in [2.05, 4.69) is 36.2 Å². The van der Waals surface area contributed by atoms with Crippen molar-refractivity contribution in [2.24, 2.45) is 50.5 Å². The van der Waals surface area contributed by atoms with Crippen molar-refractivity contribution in [3.05, 3.63) is 36.0 Å². The maximum absolute atomic E-state index is 13.9. The lowest BCUT2D eigenvalue weighted by atomic mass is 9.95. The number of aliphatic carboxylic acids is 1. The number of aromatic nitrogens is 1.